The number of halogens is 1. The van der Waals surface area contributed by atoms with Crippen LogP contribution in [0.25, 0.3) is 0 Å². The Morgan fingerprint density at radius 1 is 1.62 bits per heavy atom. The van der Waals surface area contributed by atoms with Gasteiger partial charge in [-0.2, -0.15) is 0 Å². The predicted octanol–water partition coefficient (Wildman–Crippen LogP) is 4.33. The summed E-state index contributed by atoms with van der Waals surface area (Å²) in [6.45, 7) is 5.45. The Labute approximate surface area is 89.6 Å². The molecule has 0 aromatic carbocycles. The number of hydrogen-bond acceptors (Lipinski definition) is 2. The Morgan fingerprint density at radius 2 is 2.38 bits per heavy atom. The van der Waals surface area contributed by atoms with E-state index < -0.39 is 6.70 Å². The van der Waals surface area contributed by atoms with Crippen LogP contribution < -0.4 is 0 Å². The summed E-state index contributed by atoms with van der Waals surface area (Å²) in [4.78, 5) is 0. The van der Waals surface area contributed by atoms with E-state index in [0.29, 0.717) is 17.3 Å². The van der Waals surface area contributed by atoms with Crippen molar-refractivity contribution in [1.82, 2.24) is 0 Å². The summed E-state index contributed by atoms with van der Waals surface area (Å²) < 4.78 is 5.70. The highest BCUT2D eigenvalue weighted by Crippen LogP contribution is 2.67. The molecule has 2 aliphatic rings. The van der Waals surface area contributed by atoms with Crippen LogP contribution in [0.4, 0.5) is 0 Å². The van der Waals surface area contributed by atoms with Crippen LogP contribution in [0.3, 0.4) is 0 Å². The fraction of sp³-hybridized carbons (Fsp3) is 0.778. The molecule has 4 atom stereocenters. The van der Waals surface area contributed by atoms with Gasteiger partial charge in [-0.15, -0.1) is 0 Å². The van der Waals surface area contributed by atoms with Crippen LogP contribution in [0.2, 0.25) is 0 Å². The van der Waals surface area contributed by atoms with Gasteiger partial charge in [-0.3, -0.25) is 0 Å². The van der Waals surface area contributed by atoms with Gasteiger partial charge in [0.2, 0.25) is 0 Å². The molecule has 0 radical (unpaired) electrons. The van der Waals surface area contributed by atoms with Crippen molar-refractivity contribution in [3.05, 3.63) is 12.2 Å². The second-order valence-corrected chi connectivity index (χ2v) is 8.46. The van der Waals surface area contributed by atoms with Crippen molar-refractivity contribution >= 4 is 29.3 Å². The average molecular weight is 237 g/mol. The Bertz CT molecular complexity index is 224. The van der Waals surface area contributed by atoms with Crippen LogP contribution >= 0.6 is 29.3 Å². The van der Waals surface area contributed by atoms with E-state index >= 15 is 0 Å². The highest BCUT2D eigenvalue weighted by Gasteiger charge is 2.40. The highest BCUT2D eigenvalue weighted by atomic mass is 35.7. The predicted molar refractivity (Wildman–Crippen MR) is 61.2 cm³/mol. The summed E-state index contributed by atoms with van der Waals surface area (Å²) in [7, 11) is 0. The third-order valence-corrected chi connectivity index (χ3v) is 6.80. The molecule has 1 aliphatic heterocycles. The number of hydrogen-bond donors (Lipinski definition) is 0. The monoisotopic (exact) mass is 236 g/mol. The first-order chi connectivity index (χ1) is 6.16. The van der Waals surface area contributed by atoms with E-state index in [1.165, 1.54) is 18.4 Å². The van der Waals surface area contributed by atoms with Crippen LogP contribution in [-0.4, -0.2) is 11.4 Å². The maximum Gasteiger partial charge on any atom is 0.189 e. The highest BCUT2D eigenvalue weighted by molar-refractivity contribution is 8.62. The van der Waals surface area contributed by atoms with E-state index in [4.69, 9.17) is 15.8 Å². The van der Waals surface area contributed by atoms with Gasteiger partial charge in [0.1, 0.15) is 0 Å². The standard InChI is InChI=1S/C9H14ClOPS/c1-6(2)7-3-4-9-8(5-7)11-12(10)13-9/h7-9H,1,3-5H2,2H3/t7-,8+,9?,12?/m1/s1. The van der Waals surface area contributed by atoms with Gasteiger partial charge in [0, 0.05) is 5.25 Å². The number of allylic oxidation sites excluding steroid dienone is 1. The summed E-state index contributed by atoms with van der Waals surface area (Å²) in [5.41, 5.74) is 1.30. The maximum atomic E-state index is 6.00. The largest absolute Gasteiger partial charge is 0.331 e. The molecule has 4 heteroatoms. The topological polar surface area (TPSA) is 9.23 Å². The smallest absolute Gasteiger partial charge is 0.189 e. The molecule has 0 aromatic heterocycles. The van der Waals surface area contributed by atoms with Crippen LogP contribution in [0.15, 0.2) is 12.2 Å². The SMILES string of the molecule is C=C(C)[C@@H]1CCC2SP(Cl)O[C@H]2C1. The lowest BCUT2D eigenvalue weighted by Gasteiger charge is -2.29. The molecule has 0 spiro atoms. The van der Waals surface area contributed by atoms with Crippen molar-refractivity contribution in [3.8, 4) is 0 Å². The third-order valence-electron chi connectivity index (χ3n) is 2.86. The fourth-order valence-corrected chi connectivity index (χ4v) is 6.42. The van der Waals surface area contributed by atoms with Gasteiger partial charge in [-0.25, -0.2) is 0 Å². The van der Waals surface area contributed by atoms with Crippen molar-refractivity contribution in [3.63, 3.8) is 0 Å². The second kappa shape index (κ2) is 4.10. The van der Waals surface area contributed by atoms with E-state index in [9.17, 15) is 0 Å². The lowest BCUT2D eigenvalue weighted by molar-refractivity contribution is 0.170. The summed E-state index contributed by atoms with van der Waals surface area (Å²) in [5.74, 6) is 0.667. The zero-order valence-corrected chi connectivity index (χ0v) is 10.2. The van der Waals surface area contributed by atoms with Crippen molar-refractivity contribution in [2.24, 2.45) is 5.92 Å². The van der Waals surface area contributed by atoms with Crippen molar-refractivity contribution in [2.45, 2.75) is 37.5 Å². The third kappa shape index (κ3) is 2.23. The molecule has 74 valence electrons. The minimum atomic E-state index is -0.694. The molecule has 1 nitrogen and oxygen atoms in total. The van der Waals surface area contributed by atoms with Gasteiger partial charge in [0.15, 0.2) is 6.70 Å². The lowest BCUT2D eigenvalue weighted by Crippen LogP contribution is -2.29. The van der Waals surface area contributed by atoms with Gasteiger partial charge in [0.05, 0.1) is 6.10 Å². The summed E-state index contributed by atoms with van der Waals surface area (Å²) in [6.07, 6.45) is 4.06. The molecule has 1 saturated heterocycles. The first kappa shape index (κ1) is 10.3. The molecule has 0 bridgehead atoms. The van der Waals surface area contributed by atoms with E-state index in [2.05, 4.69) is 13.5 Å². The lowest BCUT2D eigenvalue weighted by atomic mass is 9.83. The molecular formula is C9H14ClOPS. The second-order valence-electron chi connectivity index (χ2n) is 3.86. The van der Waals surface area contributed by atoms with E-state index in [-0.39, 0.29) is 0 Å². The molecule has 13 heavy (non-hydrogen) atoms. The summed E-state index contributed by atoms with van der Waals surface area (Å²) >= 11 is 7.84. The molecule has 2 rings (SSSR count). The van der Waals surface area contributed by atoms with Crippen LogP contribution in [-0.2, 0) is 4.52 Å². The quantitative estimate of drug-likeness (QED) is 0.495. The van der Waals surface area contributed by atoms with E-state index in [1.54, 1.807) is 0 Å². The Balaban J connectivity index is 1.97. The van der Waals surface area contributed by atoms with Gasteiger partial charge >= 0.3 is 0 Å². The first-order valence-electron chi connectivity index (χ1n) is 4.61. The minimum absolute atomic E-state index is 0.407. The van der Waals surface area contributed by atoms with E-state index in [0.717, 1.165) is 6.42 Å². The van der Waals surface area contributed by atoms with Crippen molar-refractivity contribution < 1.29 is 4.52 Å². The number of fused-ring (bicyclic) bond motifs is 1. The van der Waals surface area contributed by atoms with Crippen LogP contribution in [0, 0.1) is 5.92 Å². The Hall–Kier alpha value is 0.770. The minimum Gasteiger partial charge on any atom is -0.331 e. The number of rotatable bonds is 1. The maximum absolute atomic E-state index is 6.00. The zero-order valence-electron chi connectivity index (χ0n) is 7.70. The molecule has 2 unspecified atom stereocenters. The van der Waals surface area contributed by atoms with Crippen molar-refractivity contribution in [1.29, 1.82) is 0 Å². The molecule has 0 aromatic rings. The van der Waals surface area contributed by atoms with Crippen LogP contribution in [0.1, 0.15) is 26.2 Å². The molecular weight excluding hydrogens is 223 g/mol. The molecule has 2 fully saturated rings. The summed E-state index contributed by atoms with van der Waals surface area (Å²) in [6, 6.07) is 0. The zero-order chi connectivity index (χ0) is 9.42. The normalized spacial score (nSPS) is 44.5. The van der Waals surface area contributed by atoms with E-state index in [1.807, 2.05) is 11.4 Å². The fourth-order valence-electron chi connectivity index (χ4n) is 2.02. The molecule has 1 heterocycles. The molecule has 1 saturated carbocycles. The first-order valence-corrected chi connectivity index (χ1v) is 8.26. The summed E-state index contributed by atoms with van der Waals surface area (Å²) in [5, 5.41) is 0.666. The van der Waals surface area contributed by atoms with Crippen LogP contribution in [0.5, 0.6) is 0 Å². The Kier molecular flexibility index (Phi) is 3.25. The molecule has 1 aliphatic carbocycles. The molecule has 0 amide bonds. The van der Waals surface area contributed by atoms with Gasteiger partial charge in [0.25, 0.3) is 0 Å². The Morgan fingerprint density at radius 3 is 3.08 bits per heavy atom. The van der Waals surface area contributed by atoms with Gasteiger partial charge in [-0.1, -0.05) is 34.8 Å². The van der Waals surface area contributed by atoms with Gasteiger partial charge < -0.3 is 4.52 Å². The van der Waals surface area contributed by atoms with Gasteiger partial charge in [-0.05, 0) is 32.1 Å². The van der Waals surface area contributed by atoms with Crippen molar-refractivity contribution in [2.75, 3.05) is 0 Å². The average Bonchev–Trinajstić information content (AvgIpc) is 2.42. The molecule has 0 N–H and O–H groups in total.